The van der Waals surface area contributed by atoms with Crippen molar-refractivity contribution in [1.82, 2.24) is 0 Å². The molecular weight excluding hydrogens is 589 g/mol. The second-order valence-corrected chi connectivity index (χ2v) is 12.4. The van der Waals surface area contributed by atoms with Gasteiger partial charge in [-0.15, -0.1) is 0 Å². The molecule has 0 radical (unpaired) electrons. The standard InChI is InChI=1S/C40H34.C7H8.C2H6/c1-28-12-10-11-17-37(28)38-26-34(21-19-29(38)2)35-22-23-36(24-31-13-6-4-7-14-31)40(27-35)39-25-33(20-18-30(39)3)32-15-8-5-9-16-32;1-7-5-3-2-4-6-7;1-2/h4-23,25-27H,24H2,1-3H3;2-6H,1H3;1-2H3. The maximum atomic E-state index is 2.40. The lowest BCUT2D eigenvalue weighted by atomic mass is 9.87. The Kier molecular flexibility index (Phi) is 12.2. The fourth-order valence-corrected chi connectivity index (χ4v) is 6.20. The summed E-state index contributed by atoms with van der Waals surface area (Å²) in [6.45, 7) is 12.7. The lowest BCUT2D eigenvalue weighted by molar-refractivity contribution is 1.19. The zero-order valence-electron chi connectivity index (χ0n) is 29.9. The zero-order valence-corrected chi connectivity index (χ0v) is 29.9. The first-order valence-corrected chi connectivity index (χ1v) is 17.5. The van der Waals surface area contributed by atoms with Crippen molar-refractivity contribution in [2.75, 3.05) is 0 Å². The Labute approximate surface area is 294 Å². The highest BCUT2D eigenvalue weighted by molar-refractivity contribution is 5.83. The van der Waals surface area contributed by atoms with Gasteiger partial charge in [-0.2, -0.15) is 0 Å². The highest BCUT2D eigenvalue weighted by atomic mass is 14.2. The van der Waals surface area contributed by atoms with Crippen molar-refractivity contribution >= 4 is 0 Å². The van der Waals surface area contributed by atoms with E-state index in [0.29, 0.717) is 0 Å². The van der Waals surface area contributed by atoms with Gasteiger partial charge in [0.2, 0.25) is 0 Å². The van der Waals surface area contributed by atoms with Crippen LogP contribution in [-0.2, 0) is 6.42 Å². The number of benzene rings is 7. The van der Waals surface area contributed by atoms with Gasteiger partial charge in [0.15, 0.2) is 0 Å². The minimum absolute atomic E-state index is 0.897. The molecule has 0 N–H and O–H groups in total. The van der Waals surface area contributed by atoms with Crippen LogP contribution in [0.25, 0.3) is 44.5 Å². The van der Waals surface area contributed by atoms with Crippen LogP contribution >= 0.6 is 0 Å². The van der Waals surface area contributed by atoms with Gasteiger partial charge in [-0.25, -0.2) is 0 Å². The average molecular weight is 637 g/mol. The number of hydrogen-bond donors (Lipinski definition) is 0. The highest BCUT2D eigenvalue weighted by Crippen LogP contribution is 2.37. The molecule has 7 rings (SSSR count). The molecule has 7 aromatic rings. The van der Waals surface area contributed by atoms with Gasteiger partial charge in [0.05, 0.1) is 0 Å². The monoisotopic (exact) mass is 636 g/mol. The van der Waals surface area contributed by atoms with Gasteiger partial charge < -0.3 is 0 Å². The second-order valence-electron chi connectivity index (χ2n) is 12.4. The molecule has 0 aliphatic carbocycles. The largest absolute Gasteiger partial charge is 0.0683 e. The molecular formula is C49H48. The smallest absolute Gasteiger partial charge is 0.00196 e. The average Bonchev–Trinajstić information content (AvgIpc) is 3.15. The summed E-state index contributed by atoms with van der Waals surface area (Å²) < 4.78 is 0. The second kappa shape index (κ2) is 17.1. The third kappa shape index (κ3) is 8.92. The molecule has 0 saturated carbocycles. The molecule has 49 heavy (non-hydrogen) atoms. The predicted molar refractivity (Wildman–Crippen MR) is 214 cm³/mol. The summed E-state index contributed by atoms with van der Waals surface area (Å²) in [6, 6.07) is 61.2. The van der Waals surface area contributed by atoms with Crippen LogP contribution in [0.1, 0.15) is 47.2 Å². The van der Waals surface area contributed by atoms with Gasteiger partial charge >= 0.3 is 0 Å². The SMILES string of the molecule is CC.Cc1ccccc1.Cc1ccccc1-c1cc(-c2ccc(Cc3ccccc3)c(-c3cc(-c4ccccc4)ccc3C)c2)ccc1C. The summed E-state index contributed by atoms with van der Waals surface area (Å²) in [5.74, 6) is 0. The summed E-state index contributed by atoms with van der Waals surface area (Å²) in [4.78, 5) is 0. The predicted octanol–water partition coefficient (Wildman–Crippen LogP) is 13.9. The van der Waals surface area contributed by atoms with Crippen molar-refractivity contribution < 1.29 is 0 Å². The molecule has 0 bridgehead atoms. The van der Waals surface area contributed by atoms with Gasteiger partial charge in [0.1, 0.15) is 0 Å². The Morgan fingerprint density at radius 1 is 0.327 bits per heavy atom. The molecule has 0 amide bonds. The lowest BCUT2D eigenvalue weighted by Gasteiger charge is -2.17. The van der Waals surface area contributed by atoms with E-state index in [0.717, 1.165) is 6.42 Å². The Morgan fingerprint density at radius 2 is 0.755 bits per heavy atom. The van der Waals surface area contributed by atoms with Crippen LogP contribution in [0, 0.1) is 27.7 Å². The van der Waals surface area contributed by atoms with Gasteiger partial charge in [0.25, 0.3) is 0 Å². The molecule has 0 atom stereocenters. The van der Waals surface area contributed by atoms with Crippen LogP contribution in [-0.4, -0.2) is 0 Å². The van der Waals surface area contributed by atoms with E-state index >= 15 is 0 Å². The molecule has 0 spiro atoms. The molecule has 0 unspecified atom stereocenters. The van der Waals surface area contributed by atoms with Gasteiger partial charge in [-0.05, 0) is 125 Å². The van der Waals surface area contributed by atoms with Crippen LogP contribution in [0.15, 0.2) is 170 Å². The maximum absolute atomic E-state index is 2.40. The minimum atomic E-state index is 0.897. The summed E-state index contributed by atoms with van der Waals surface area (Å²) >= 11 is 0. The van der Waals surface area contributed by atoms with E-state index in [1.54, 1.807) is 0 Å². The Balaban J connectivity index is 0.000000458. The Morgan fingerprint density at radius 3 is 1.31 bits per heavy atom. The molecule has 0 fully saturated rings. The van der Waals surface area contributed by atoms with E-state index in [2.05, 4.69) is 179 Å². The van der Waals surface area contributed by atoms with Crippen LogP contribution in [0.2, 0.25) is 0 Å². The molecule has 244 valence electrons. The van der Waals surface area contributed by atoms with E-state index in [1.165, 1.54) is 77.9 Å². The van der Waals surface area contributed by atoms with Gasteiger partial charge in [-0.3, -0.25) is 0 Å². The first kappa shape index (κ1) is 34.9. The van der Waals surface area contributed by atoms with E-state index in [9.17, 15) is 0 Å². The van der Waals surface area contributed by atoms with E-state index in [4.69, 9.17) is 0 Å². The Hall–Kier alpha value is -5.46. The van der Waals surface area contributed by atoms with Crippen LogP contribution in [0.5, 0.6) is 0 Å². The fourth-order valence-electron chi connectivity index (χ4n) is 6.20. The van der Waals surface area contributed by atoms with E-state index in [-0.39, 0.29) is 0 Å². The summed E-state index contributed by atoms with van der Waals surface area (Å²) in [5.41, 5.74) is 18.0. The topological polar surface area (TPSA) is 0 Å². The number of hydrogen-bond acceptors (Lipinski definition) is 0. The normalized spacial score (nSPS) is 10.3. The van der Waals surface area contributed by atoms with Crippen molar-refractivity contribution in [2.24, 2.45) is 0 Å². The van der Waals surface area contributed by atoms with Crippen molar-refractivity contribution in [3.8, 4) is 44.5 Å². The van der Waals surface area contributed by atoms with Crippen molar-refractivity contribution in [3.05, 3.63) is 203 Å². The molecule has 0 heterocycles. The summed E-state index contributed by atoms with van der Waals surface area (Å²) in [5, 5.41) is 0. The number of aryl methyl sites for hydroxylation is 4. The zero-order chi connectivity index (χ0) is 34.6. The molecule has 0 aliphatic rings. The van der Waals surface area contributed by atoms with Gasteiger partial charge in [-0.1, -0.05) is 171 Å². The summed E-state index contributed by atoms with van der Waals surface area (Å²) in [6.07, 6.45) is 0.897. The molecule has 0 aliphatic heterocycles. The quantitative estimate of drug-likeness (QED) is 0.170. The Bertz CT molecular complexity index is 2070. The molecule has 0 saturated heterocycles. The third-order valence-corrected chi connectivity index (χ3v) is 8.93. The first-order valence-electron chi connectivity index (χ1n) is 17.5. The van der Waals surface area contributed by atoms with Crippen LogP contribution in [0.4, 0.5) is 0 Å². The summed E-state index contributed by atoms with van der Waals surface area (Å²) in [7, 11) is 0. The molecule has 0 nitrogen and oxygen atoms in total. The van der Waals surface area contributed by atoms with Crippen molar-refractivity contribution in [2.45, 2.75) is 48.0 Å². The fraction of sp³-hybridized carbons (Fsp3) is 0.143. The van der Waals surface area contributed by atoms with Crippen LogP contribution < -0.4 is 0 Å². The third-order valence-electron chi connectivity index (χ3n) is 8.93. The highest BCUT2D eigenvalue weighted by Gasteiger charge is 2.14. The number of rotatable bonds is 6. The maximum Gasteiger partial charge on any atom is -0.00196 e. The van der Waals surface area contributed by atoms with E-state index in [1.807, 2.05) is 32.0 Å². The van der Waals surface area contributed by atoms with E-state index < -0.39 is 0 Å². The lowest BCUT2D eigenvalue weighted by Crippen LogP contribution is -1.96. The van der Waals surface area contributed by atoms with Gasteiger partial charge in [0, 0.05) is 0 Å². The minimum Gasteiger partial charge on any atom is -0.0683 e. The van der Waals surface area contributed by atoms with Crippen molar-refractivity contribution in [1.29, 1.82) is 0 Å². The molecule has 0 heteroatoms. The molecule has 7 aromatic carbocycles. The van der Waals surface area contributed by atoms with Crippen molar-refractivity contribution in [3.63, 3.8) is 0 Å². The van der Waals surface area contributed by atoms with Crippen LogP contribution in [0.3, 0.4) is 0 Å². The molecule has 0 aromatic heterocycles. The first-order chi connectivity index (χ1) is 24.0.